The molecule has 0 bridgehead atoms. The van der Waals surface area contributed by atoms with E-state index in [2.05, 4.69) is 47.7 Å². The van der Waals surface area contributed by atoms with Gasteiger partial charge in [0.25, 0.3) is 0 Å². The fourth-order valence-corrected chi connectivity index (χ4v) is 3.15. The lowest BCUT2D eigenvalue weighted by Gasteiger charge is -2.38. The summed E-state index contributed by atoms with van der Waals surface area (Å²) in [6.45, 7) is 8.87. The van der Waals surface area contributed by atoms with E-state index < -0.39 is 0 Å². The first-order chi connectivity index (χ1) is 12.6. The normalized spacial score (nSPS) is 22.0. The zero-order valence-corrected chi connectivity index (χ0v) is 16.1. The van der Waals surface area contributed by atoms with Crippen molar-refractivity contribution in [2.45, 2.75) is 39.3 Å². The van der Waals surface area contributed by atoms with Crippen molar-refractivity contribution in [2.75, 3.05) is 40.0 Å². The molecule has 2 aliphatic heterocycles. The lowest BCUT2D eigenvalue weighted by atomic mass is 9.89. The van der Waals surface area contributed by atoms with Crippen LogP contribution >= 0.6 is 0 Å². The summed E-state index contributed by atoms with van der Waals surface area (Å²) < 4.78 is 17.0. The molecule has 144 valence electrons. The highest BCUT2D eigenvalue weighted by Crippen LogP contribution is 2.25. The van der Waals surface area contributed by atoms with E-state index in [0.717, 1.165) is 56.5 Å². The molecule has 0 radical (unpaired) electrons. The Labute approximate surface area is 156 Å². The Morgan fingerprint density at radius 2 is 2.19 bits per heavy atom. The van der Waals surface area contributed by atoms with Crippen LogP contribution in [-0.4, -0.2) is 52.1 Å². The molecule has 26 heavy (non-hydrogen) atoms. The Morgan fingerprint density at radius 3 is 2.85 bits per heavy atom. The molecule has 3 rings (SSSR count). The molecule has 1 aromatic carbocycles. The zero-order chi connectivity index (χ0) is 18.4. The Kier molecular flexibility index (Phi) is 6.38. The molecule has 6 nitrogen and oxygen atoms in total. The Balaban J connectivity index is 1.53. The number of hydrogen-bond donors (Lipinski definition) is 2. The molecular formula is C20H31N3O3. The molecule has 1 unspecified atom stereocenters. The van der Waals surface area contributed by atoms with Crippen LogP contribution in [0.2, 0.25) is 0 Å². The van der Waals surface area contributed by atoms with Crippen molar-refractivity contribution in [1.29, 1.82) is 0 Å². The Hall–Kier alpha value is -1.79. The third kappa shape index (κ3) is 5.11. The highest BCUT2D eigenvalue weighted by molar-refractivity contribution is 5.79. The van der Waals surface area contributed by atoms with Gasteiger partial charge >= 0.3 is 0 Å². The number of hydrogen-bond acceptors (Lipinski definition) is 4. The van der Waals surface area contributed by atoms with E-state index in [1.54, 1.807) is 7.05 Å². The summed E-state index contributed by atoms with van der Waals surface area (Å²) in [7, 11) is 1.79. The van der Waals surface area contributed by atoms with Gasteiger partial charge in [-0.3, -0.25) is 4.99 Å². The Morgan fingerprint density at radius 1 is 1.35 bits per heavy atom. The molecule has 6 heteroatoms. The predicted octanol–water partition coefficient (Wildman–Crippen LogP) is 2.25. The number of guanidine groups is 1. The number of rotatable bonds is 7. The van der Waals surface area contributed by atoms with E-state index in [-0.39, 0.29) is 11.5 Å². The van der Waals surface area contributed by atoms with Gasteiger partial charge in [0.2, 0.25) is 0 Å². The van der Waals surface area contributed by atoms with Gasteiger partial charge in [0, 0.05) is 37.7 Å². The first kappa shape index (κ1) is 19.0. The summed E-state index contributed by atoms with van der Waals surface area (Å²) in [5.74, 6) is 1.71. The molecule has 1 aromatic rings. The highest BCUT2D eigenvalue weighted by atomic mass is 16.5. The van der Waals surface area contributed by atoms with Crippen molar-refractivity contribution in [3.8, 4) is 5.75 Å². The second kappa shape index (κ2) is 8.73. The average molecular weight is 361 g/mol. The van der Waals surface area contributed by atoms with Gasteiger partial charge in [0.1, 0.15) is 12.4 Å². The maximum Gasteiger partial charge on any atom is 0.191 e. The molecule has 0 aromatic heterocycles. The SMILES string of the molecule is CN=C(NCc1ccc(C)cc1OCC1CCCO1)NCC1(C)COC1. The predicted molar refractivity (Wildman–Crippen MR) is 103 cm³/mol. The van der Waals surface area contributed by atoms with Crippen LogP contribution in [0.3, 0.4) is 0 Å². The monoisotopic (exact) mass is 361 g/mol. The smallest absolute Gasteiger partial charge is 0.191 e. The molecule has 0 spiro atoms. The van der Waals surface area contributed by atoms with Crippen LogP contribution in [0, 0.1) is 12.3 Å². The number of nitrogens with zero attached hydrogens (tertiary/aromatic N) is 1. The average Bonchev–Trinajstić information content (AvgIpc) is 3.13. The lowest BCUT2D eigenvalue weighted by Crippen LogP contribution is -2.50. The van der Waals surface area contributed by atoms with E-state index in [0.29, 0.717) is 13.2 Å². The van der Waals surface area contributed by atoms with Crippen LogP contribution in [0.25, 0.3) is 0 Å². The van der Waals surface area contributed by atoms with Crippen molar-refractivity contribution >= 4 is 5.96 Å². The summed E-state index contributed by atoms with van der Waals surface area (Å²) in [5.41, 5.74) is 2.52. The van der Waals surface area contributed by atoms with E-state index in [4.69, 9.17) is 14.2 Å². The molecule has 1 atom stereocenters. The number of benzene rings is 1. The zero-order valence-electron chi connectivity index (χ0n) is 16.1. The molecule has 2 N–H and O–H groups in total. The van der Waals surface area contributed by atoms with Crippen LogP contribution in [-0.2, 0) is 16.0 Å². The van der Waals surface area contributed by atoms with Crippen molar-refractivity contribution < 1.29 is 14.2 Å². The first-order valence-electron chi connectivity index (χ1n) is 9.44. The minimum Gasteiger partial charge on any atom is -0.491 e. The van der Waals surface area contributed by atoms with Gasteiger partial charge < -0.3 is 24.8 Å². The maximum atomic E-state index is 6.07. The molecule has 0 amide bonds. The molecule has 2 fully saturated rings. The third-order valence-electron chi connectivity index (χ3n) is 4.92. The first-order valence-corrected chi connectivity index (χ1v) is 9.44. The van der Waals surface area contributed by atoms with Gasteiger partial charge in [-0.15, -0.1) is 0 Å². The van der Waals surface area contributed by atoms with Crippen LogP contribution in [0.5, 0.6) is 5.75 Å². The van der Waals surface area contributed by atoms with Gasteiger partial charge in [-0.2, -0.15) is 0 Å². The second-order valence-corrected chi connectivity index (χ2v) is 7.64. The Bertz CT molecular complexity index is 623. The summed E-state index contributed by atoms with van der Waals surface area (Å²) in [6, 6.07) is 6.31. The van der Waals surface area contributed by atoms with Crippen LogP contribution in [0.4, 0.5) is 0 Å². The van der Waals surface area contributed by atoms with Crippen molar-refractivity contribution in [3.05, 3.63) is 29.3 Å². The van der Waals surface area contributed by atoms with Crippen LogP contribution in [0.1, 0.15) is 30.9 Å². The van der Waals surface area contributed by atoms with Crippen LogP contribution in [0.15, 0.2) is 23.2 Å². The third-order valence-corrected chi connectivity index (χ3v) is 4.92. The highest BCUT2D eigenvalue weighted by Gasteiger charge is 2.33. The van der Waals surface area contributed by atoms with Crippen molar-refractivity contribution in [2.24, 2.45) is 10.4 Å². The molecule has 0 aliphatic carbocycles. The molecule has 0 saturated carbocycles. The van der Waals surface area contributed by atoms with Crippen molar-refractivity contribution in [1.82, 2.24) is 10.6 Å². The molecule has 2 aliphatic rings. The van der Waals surface area contributed by atoms with E-state index in [1.165, 1.54) is 5.56 Å². The summed E-state index contributed by atoms with van der Waals surface area (Å²) in [4.78, 5) is 4.31. The maximum absolute atomic E-state index is 6.07. The number of ether oxygens (including phenoxy) is 3. The summed E-state index contributed by atoms with van der Waals surface area (Å²) in [5, 5.41) is 6.77. The van der Waals surface area contributed by atoms with E-state index in [9.17, 15) is 0 Å². The number of nitrogens with one attached hydrogen (secondary N) is 2. The van der Waals surface area contributed by atoms with Crippen LogP contribution < -0.4 is 15.4 Å². The molecule has 2 heterocycles. The van der Waals surface area contributed by atoms with Gasteiger partial charge in [-0.1, -0.05) is 19.1 Å². The van der Waals surface area contributed by atoms with Gasteiger partial charge in [-0.05, 0) is 31.4 Å². The fourth-order valence-electron chi connectivity index (χ4n) is 3.15. The lowest BCUT2D eigenvalue weighted by molar-refractivity contribution is -0.0971. The number of aliphatic imine (C=N–C) groups is 1. The van der Waals surface area contributed by atoms with Gasteiger partial charge in [-0.25, -0.2) is 0 Å². The minimum absolute atomic E-state index is 0.205. The standard InChI is InChI=1S/C20H31N3O3/c1-15-6-7-16(18(9-15)26-11-17-5-4-8-25-17)10-22-19(21-3)23-12-20(2)13-24-14-20/h6-7,9,17H,4-5,8,10-14H2,1-3H3,(H2,21,22,23). The largest absolute Gasteiger partial charge is 0.491 e. The summed E-state index contributed by atoms with van der Waals surface area (Å²) in [6.07, 6.45) is 2.43. The summed E-state index contributed by atoms with van der Waals surface area (Å²) >= 11 is 0. The molecular weight excluding hydrogens is 330 g/mol. The van der Waals surface area contributed by atoms with E-state index >= 15 is 0 Å². The number of aryl methyl sites for hydroxylation is 1. The van der Waals surface area contributed by atoms with Gasteiger partial charge in [0.15, 0.2) is 5.96 Å². The minimum atomic E-state index is 0.205. The van der Waals surface area contributed by atoms with E-state index in [1.807, 2.05) is 0 Å². The molecule has 2 saturated heterocycles. The fraction of sp³-hybridized carbons (Fsp3) is 0.650. The van der Waals surface area contributed by atoms with Crippen molar-refractivity contribution in [3.63, 3.8) is 0 Å². The quantitative estimate of drug-likeness (QED) is 0.576. The topological polar surface area (TPSA) is 64.1 Å². The second-order valence-electron chi connectivity index (χ2n) is 7.64. The van der Waals surface area contributed by atoms with Gasteiger partial charge in [0.05, 0.1) is 19.3 Å².